The van der Waals surface area contributed by atoms with Crippen molar-refractivity contribution in [3.05, 3.63) is 35.7 Å². The van der Waals surface area contributed by atoms with Crippen LogP contribution in [0.4, 0.5) is 0 Å². The van der Waals surface area contributed by atoms with Gasteiger partial charge in [0.25, 0.3) is 0 Å². The van der Waals surface area contributed by atoms with Crippen LogP contribution in [0, 0.1) is 0 Å². The number of hydrogen-bond acceptors (Lipinski definition) is 3. The number of carbonyl (C=O) groups excluding carboxylic acids is 1. The lowest BCUT2D eigenvalue weighted by molar-refractivity contribution is 0.0525. The van der Waals surface area contributed by atoms with Crippen molar-refractivity contribution in [2.24, 2.45) is 0 Å². The van der Waals surface area contributed by atoms with E-state index in [-0.39, 0.29) is 5.88 Å². The monoisotopic (exact) mass is 225 g/mol. The molecule has 4 heteroatoms. The SMILES string of the molecule is C=Cc1cncc(C(=O)OCC)c1CCl. The number of carbonyl (C=O) groups is 1. The van der Waals surface area contributed by atoms with Crippen LogP contribution in [0.25, 0.3) is 6.08 Å². The molecule has 0 bridgehead atoms. The van der Waals surface area contributed by atoms with Gasteiger partial charge in [0, 0.05) is 18.3 Å². The Labute approximate surface area is 93.7 Å². The second kappa shape index (κ2) is 5.51. The van der Waals surface area contributed by atoms with E-state index in [1.54, 1.807) is 19.2 Å². The van der Waals surface area contributed by atoms with Gasteiger partial charge < -0.3 is 4.74 Å². The number of hydrogen-bond donors (Lipinski definition) is 0. The Morgan fingerprint density at radius 2 is 2.40 bits per heavy atom. The largest absolute Gasteiger partial charge is 0.462 e. The number of esters is 1. The molecule has 0 spiro atoms. The van der Waals surface area contributed by atoms with Crippen molar-refractivity contribution in [2.45, 2.75) is 12.8 Å². The van der Waals surface area contributed by atoms with Gasteiger partial charge in [0.1, 0.15) is 0 Å². The molecule has 0 saturated heterocycles. The predicted octanol–water partition coefficient (Wildman–Crippen LogP) is 2.64. The molecule has 0 amide bonds. The first kappa shape index (κ1) is 11.7. The summed E-state index contributed by atoms with van der Waals surface area (Å²) in [6.07, 6.45) is 4.70. The fourth-order valence-corrected chi connectivity index (χ4v) is 1.51. The molecule has 0 atom stereocenters. The number of nitrogens with zero attached hydrogens (tertiary/aromatic N) is 1. The standard InChI is InChI=1S/C11H12ClNO2/c1-3-8-6-13-7-10(9(8)5-12)11(14)15-4-2/h3,6-7H,1,4-5H2,2H3. The zero-order valence-electron chi connectivity index (χ0n) is 8.50. The average molecular weight is 226 g/mol. The van der Waals surface area contributed by atoms with Gasteiger partial charge in [0.2, 0.25) is 0 Å². The minimum absolute atomic E-state index is 0.234. The van der Waals surface area contributed by atoms with Gasteiger partial charge in [-0.25, -0.2) is 4.79 Å². The van der Waals surface area contributed by atoms with Crippen molar-refractivity contribution in [3.8, 4) is 0 Å². The molecule has 3 nitrogen and oxygen atoms in total. The number of aromatic nitrogens is 1. The first-order valence-corrected chi connectivity index (χ1v) is 5.10. The molecule has 0 aliphatic heterocycles. The van der Waals surface area contributed by atoms with E-state index in [9.17, 15) is 4.79 Å². The van der Waals surface area contributed by atoms with Gasteiger partial charge in [-0.2, -0.15) is 0 Å². The van der Waals surface area contributed by atoms with E-state index >= 15 is 0 Å². The van der Waals surface area contributed by atoms with Crippen LogP contribution in [0.3, 0.4) is 0 Å². The van der Waals surface area contributed by atoms with E-state index in [4.69, 9.17) is 16.3 Å². The van der Waals surface area contributed by atoms with Gasteiger partial charge in [-0.15, -0.1) is 11.6 Å². The molecule has 0 aliphatic rings. The van der Waals surface area contributed by atoms with E-state index < -0.39 is 5.97 Å². The van der Waals surface area contributed by atoms with E-state index in [0.29, 0.717) is 17.7 Å². The first-order valence-electron chi connectivity index (χ1n) is 4.57. The summed E-state index contributed by atoms with van der Waals surface area (Å²) < 4.78 is 4.90. The quantitative estimate of drug-likeness (QED) is 0.584. The van der Waals surface area contributed by atoms with Crippen LogP contribution in [-0.2, 0) is 10.6 Å². The maximum atomic E-state index is 11.5. The molecule has 15 heavy (non-hydrogen) atoms. The third-order valence-corrected chi connectivity index (χ3v) is 2.21. The molecular formula is C11H12ClNO2. The zero-order chi connectivity index (χ0) is 11.3. The number of rotatable bonds is 4. The highest BCUT2D eigenvalue weighted by Gasteiger charge is 2.14. The molecule has 0 unspecified atom stereocenters. The molecule has 0 aromatic carbocycles. The van der Waals surface area contributed by atoms with Gasteiger partial charge in [-0.3, -0.25) is 4.98 Å². The normalized spacial score (nSPS) is 9.73. The Kier molecular flexibility index (Phi) is 4.31. The zero-order valence-corrected chi connectivity index (χ0v) is 9.25. The van der Waals surface area contributed by atoms with Crippen molar-refractivity contribution < 1.29 is 9.53 Å². The van der Waals surface area contributed by atoms with E-state index in [2.05, 4.69) is 11.6 Å². The lowest BCUT2D eigenvalue weighted by Crippen LogP contribution is -2.09. The Balaban J connectivity index is 3.16. The molecule has 80 valence electrons. The molecular weight excluding hydrogens is 214 g/mol. The average Bonchev–Trinajstić information content (AvgIpc) is 2.28. The second-order valence-corrected chi connectivity index (χ2v) is 3.08. The lowest BCUT2D eigenvalue weighted by atomic mass is 10.1. The summed E-state index contributed by atoms with van der Waals surface area (Å²) in [4.78, 5) is 15.5. The molecule has 1 heterocycles. The Bertz CT molecular complexity index is 377. The second-order valence-electron chi connectivity index (χ2n) is 2.81. The molecule has 0 aliphatic carbocycles. The van der Waals surface area contributed by atoms with Gasteiger partial charge in [0.15, 0.2) is 0 Å². The minimum atomic E-state index is -0.399. The highest BCUT2D eigenvalue weighted by atomic mass is 35.5. The molecule has 0 fully saturated rings. The number of pyridine rings is 1. The van der Waals surface area contributed by atoms with Gasteiger partial charge >= 0.3 is 5.97 Å². The molecule has 1 aromatic rings. The van der Waals surface area contributed by atoms with Crippen molar-refractivity contribution in [3.63, 3.8) is 0 Å². The first-order chi connectivity index (χ1) is 7.24. The lowest BCUT2D eigenvalue weighted by Gasteiger charge is -2.08. The summed E-state index contributed by atoms with van der Waals surface area (Å²) >= 11 is 5.78. The number of halogens is 1. The highest BCUT2D eigenvalue weighted by Crippen LogP contribution is 2.17. The third-order valence-electron chi connectivity index (χ3n) is 1.94. The fourth-order valence-electron chi connectivity index (χ4n) is 1.21. The van der Waals surface area contributed by atoms with E-state index in [1.165, 1.54) is 6.20 Å². The van der Waals surface area contributed by atoms with Crippen LogP contribution >= 0.6 is 11.6 Å². The van der Waals surface area contributed by atoms with Gasteiger partial charge in [-0.05, 0) is 18.1 Å². The summed E-state index contributed by atoms with van der Waals surface area (Å²) in [7, 11) is 0. The summed E-state index contributed by atoms with van der Waals surface area (Å²) in [6, 6.07) is 0. The Hall–Kier alpha value is -1.35. The maximum absolute atomic E-state index is 11.5. The third kappa shape index (κ3) is 2.57. The van der Waals surface area contributed by atoms with E-state index in [1.807, 2.05) is 0 Å². The summed E-state index contributed by atoms with van der Waals surface area (Å²) in [5.74, 6) is -0.165. The van der Waals surface area contributed by atoms with Crippen LogP contribution in [-0.4, -0.2) is 17.6 Å². The summed E-state index contributed by atoms with van der Waals surface area (Å²) in [5.41, 5.74) is 1.87. The van der Waals surface area contributed by atoms with Crippen LogP contribution < -0.4 is 0 Å². The van der Waals surface area contributed by atoms with Crippen LogP contribution in [0.2, 0.25) is 0 Å². The summed E-state index contributed by atoms with van der Waals surface area (Å²) in [5, 5.41) is 0. The molecule has 1 rings (SSSR count). The number of ether oxygens (including phenoxy) is 1. The van der Waals surface area contributed by atoms with Crippen molar-refractivity contribution in [2.75, 3.05) is 6.61 Å². The van der Waals surface area contributed by atoms with Gasteiger partial charge in [-0.1, -0.05) is 12.7 Å². The van der Waals surface area contributed by atoms with Crippen LogP contribution in [0.15, 0.2) is 19.0 Å². The van der Waals surface area contributed by atoms with Crippen molar-refractivity contribution in [1.82, 2.24) is 4.98 Å². The number of alkyl halides is 1. The Morgan fingerprint density at radius 1 is 1.67 bits per heavy atom. The Morgan fingerprint density at radius 3 is 2.93 bits per heavy atom. The van der Waals surface area contributed by atoms with Gasteiger partial charge in [0.05, 0.1) is 12.2 Å². The fraction of sp³-hybridized carbons (Fsp3) is 0.273. The predicted molar refractivity (Wildman–Crippen MR) is 59.8 cm³/mol. The smallest absolute Gasteiger partial charge is 0.340 e. The highest BCUT2D eigenvalue weighted by molar-refractivity contribution is 6.18. The molecule has 1 aromatic heterocycles. The topological polar surface area (TPSA) is 39.2 Å². The van der Waals surface area contributed by atoms with Crippen LogP contribution in [0.1, 0.15) is 28.4 Å². The maximum Gasteiger partial charge on any atom is 0.340 e. The van der Waals surface area contributed by atoms with Crippen molar-refractivity contribution >= 4 is 23.6 Å². The van der Waals surface area contributed by atoms with Crippen molar-refractivity contribution in [1.29, 1.82) is 0 Å². The van der Waals surface area contributed by atoms with E-state index in [0.717, 1.165) is 5.56 Å². The summed E-state index contributed by atoms with van der Waals surface area (Å²) in [6.45, 7) is 5.72. The molecule has 0 N–H and O–H groups in total. The van der Waals surface area contributed by atoms with Crippen LogP contribution in [0.5, 0.6) is 0 Å². The molecule has 0 saturated carbocycles. The molecule has 0 radical (unpaired) electrons. The minimum Gasteiger partial charge on any atom is -0.462 e.